The SMILES string of the molecule is c1ccc2c(c1)-c1cccc3cc(C4=NC(c5ccc6ccccc6c5)N=C(c5cccc6oc7ccncc7c56)N4)cc-2c13. The lowest BCUT2D eigenvalue weighted by Gasteiger charge is -2.23. The van der Waals surface area contributed by atoms with E-state index in [0.29, 0.717) is 0 Å². The summed E-state index contributed by atoms with van der Waals surface area (Å²) in [4.78, 5) is 14.9. The number of furan rings is 1. The number of nitrogens with zero attached hydrogens (tertiary/aromatic N) is 3. The van der Waals surface area contributed by atoms with Crippen molar-refractivity contribution in [1.29, 1.82) is 0 Å². The van der Waals surface area contributed by atoms with Crippen LogP contribution in [-0.2, 0) is 0 Å². The molecule has 2 aromatic heterocycles. The first kappa shape index (κ1) is 24.4. The van der Waals surface area contributed by atoms with E-state index in [2.05, 4.69) is 113 Å². The van der Waals surface area contributed by atoms with Crippen LogP contribution in [0.15, 0.2) is 148 Å². The van der Waals surface area contributed by atoms with Crippen LogP contribution in [0, 0.1) is 0 Å². The summed E-state index contributed by atoms with van der Waals surface area (Å²) in [5.74, 6) is 1.54. The van der Waals surface area contributed by atoms with Crippen molar-refractivity contribution in [3.05, 3.63) is 150 Å². The molecule has 1 aliphatic carbocycles. The molecule has 0 bridgehead atoms. The monoisotopic (exact) mass is 576 g/mol. The normalized spacial score (nSPS) is 15.3. The van der Waals surface area contributed by atoms with Crippen LogP contribution in [0.5, 0.6) is 0 Å². The Labute approximate surface area is 258 Å². The van der Waals surface area contributed by atoms with Crippen molar-refractivity contribution in [2.75, 3.05) is 0 Å². The molecule has 0 spiro atoms. The average molecular weight is 577 g/mol. The van der Waals surface area contributed by atoms with Gasteiger partial charge in [-0.1, -0.05) is 91.0 Å². The Hall–Kier alpha value is -6.07. The summed E-state index contributed by atoms with van der Waals surface area (Å²) in [6, 6.07) is 42.7. The van der Waals surface area contributed by atoms with E-state index in [1.165, 1.54) is 43.8 Å². The number of nitrogens with one attached hydrogen (secondary N) is 1. The van der Waals surface area contributed by atoms with Crippen LogP contribution in [0.2, 0.25) is 0 Å². The van der Waals surface area contributed by atoms with Gasteiger partial charge in [-0.05, 0) is 79.7 Å². The van der Waals surface area contributed by atoms with Gasteiger partial charge < -0.3 is 9.73 Å². The molecule has 0 amide bonds. The quantitative estimate of drug-likeness (QED) is 0.228. The zero-order chi connectivity index (χ0) is 29.5. The number of aromatic nitrogens is 1. The van der Waals surface area contributed by atoms with Crippen molar-refractivity contribution in [2.24, 2.45) is 9.98 Å². The maximum atomic E-state index is 6.22. The number of rotatable bonds is 3. The highest BCUT2D eigenvalue weighted by Gasteiger charge is 2.26. The zero-order valence-corrected chi connectivity index (χ0v) is 24.0. The fraction of sp³-hybridized carbons (Fsp3) is 0.0250. The smallest absolute Gasteiger partial charge is 0.169 e. The van der Waals surface area contributed by atoms with Crippen molar-refractivity contribution >= 4 is 55.2 Å². The Bertz CT molecular complexity index is 2590. The van der Waals surface area contributed by atoms with Gasteiger partial charge in [0.15, 0.2) is 6.17 Å². The molecule has 2 aliphatic rings. The molecule has 1 unspecified atom stereocenters. The predicted octanol–water partition coefficient (Wildman–Crippen LogP) is 9.43. The van der Waals surface area contributed by atoms with Gasteiger partial charge >= 0.3 is 0 Å². The van der Waals surface area contributed by atoms with Crippen molar-refractivity contribution in [3.63, 3.8) is 0 Å². The molecule has 1 aliphatic heterocycles. The summed E-state index contributed by atoms with van der Waals surface area (Å²) < 4.78 is 6.22. The van der Waals surface area contributed by atoms with Crippen LogP contribution in [0.3, 0.4) is 0 Å². The minimum Gasteiger partial charge on any atom is -0.456 e. The van der Waals surface area contributed by atoms with E-state index < -0.39 is 6.17 Å². The summed E-state index contributed by atoms with van der Waals surface area (Å²) in [5.41, 5.74) is 9.66. The molecule has 0 saturated carbocycles. The summed E-state index contributed by atoms with van der Waals surface area (Å²) in [7, 11) is 0. The lowest BCUT2D eigenvalue weighted by atomic mass is 9.98. The maximum absolute atomic E-state index is 6.22. The Balaban J connectivity index is 1.19. The van der Waals surface area contributed by atoms with E-state index in [1.807, 2.05) is 24.4 Å². The lowest BCUT2D eigenvalue weighted by molar-refractivity contribution is 0.668. The second-order valence-electron chi connectivity index (χ2n) is 11.7. The van der Waals surface area contributed by atoms with Crippen molar-refractivity contribution in [2.45, 2.75) is 6.17 Å². The topological polar surface area (TPSA) is 62.8 Å². The summed E-state index contributed by atoms with van der Waals surface area (Å²) in [6.07, 6.45) is 3.19. The zero-order valence-electron chi connectivity index (χ0n) is 24.0. The van der Waals surface area contributed by atoms with Crippen LogP contribution in [-0.4, -0.2) is 16.7 Å². The Morgan fingerprint density at radius 2 is 1.29 bits per heavy atom. The number of aliphatic imine (C=N–C) groups is 2. The van der Waals surface area contributed by atoms with Crippen LogP contribution in [0.25, 0.3) is 65.7 Å². The van der Waals surface area contributed by atoms with Gasteiger partial charge in [-0.25, -0.2) is 9.98 Å². The lowest BCUT2D eigenvalue weighted by Crippen LogP contribution is -2.36. The molecule has 3 heterocycles. The third-order valence-electron chi connectivity index (χ3n) is 9.12. The molecule has 5 nitrogen and oxygen atoms in total. The molecule has 8 aromatic rings. The first-order chi connectivity index (χ1) is 22.3. The number of pyridine rings is 1. The van der Waals surface area contributed by atoms with Gasteiger partial charge in [0.1, 0.15) is 22.8 Å². The molecule has 1 atom stereocenters. The predicted molar refractivity (Wildman–Crippen MR) is 183 cm³/mol. The van der Waals surface area contributed by atoms with E-state index in [1.54, 1.807) is 6.20 Å². The van der Waals surface area contributed by atoms with Crippen molar-refractivity contribution in [1.82, 2.24) is 10.3 Å². The van der Waals surface area contributed by atoms with Crippen LogP contribution in [0.4, 0.5) is 0 Å². The third kappa shape index (κ3) is 3.64. The number of hydrogen-bond acceptors (Lipinski definition) is 5. The van der Waals surface area contributed by atoms with Crippen LogP contribution >= 0.6 is 0 Å². The second kappa shape index (κ2) is 9.21. The Morgan fingerprint density at radius 1 is 0.533 bits per heavy atom. The summed E-state index contributed by atoms with van der Waals surface area (Å²) in [6.45, 7) is 0. The minimum absolute atomic E-state index is 0.435. The average Bonchev–Trinajstić information content (AvgIpc) is 3.65. The Kier molecular flexibility index (Phi) is 4.99. The first-order valence-corrected chi connectivity index (χ1v) is 15.1. The molecule has 0 radical (unpaired) electrons. The van der Waals surface area contributed by atoms with E-state index in [0.717, 1.165) is 50.3 Å². The molecular weight excluding hydrogens is 552 g/mol. The van der Waals surface area contributed by atoms with E-state index in [4.69, 9.17) is 14.4 Å². The number of benzene rings is 6. The fourth-order valence-corrected chi connectivity index (χ4v) is 7.07. The molecule has 1 N–H and O–H groups in total. The van der Waals surface area contributed by atoms with Crippen molar-refractivity contribution < 1.29 is 4.42 Å². The van der Waals surface area contributed by atoms with E-state index >= 15 is 0 Å². The van der Waals surface area contributed by atoms with Gasteiger partial charge in [-0.15, -0.1) is 0 Å². The number of amidine groups is 2. The Morgan fingerprint density at radius 3 is 2.22 bits per heavy atom. The maximum Gasteiger partial charge on any atom is 0.169 e. The number of hydrogen-bond donors (Lipinski definition) is 1. The highest BCUT2D eigenvalue weighted by Crippen LogP contribution is 2.47. The number of fused-ring (bicyclic) bond motifs is 7. The molecule has 6 aromatic carbocycles. The fourth-order valence-electron chi connectivity index (χ4n) is 7.07. The standard InChI is InChI=1S/C40H24N4O/c1-2-8-24-19-26(16-15-23(24)7-1)38-42-39(27-20-25-9-5-12-30-28-10-3-4-11-29(28)32(21-27)36(25)30)44-40(43-38)31-13-6-14-35-37(31)33-22-41-18-17-34(33)45-35/h1-22,38H,(H,42,43,44). The van der Waals surface area contributed by atoms with Gasteiger partial charge in [0.2, 0.25) is 0 Å². The third-order valence-corrected chi connectivity index (χ3v) is 9.12. The van der Waals surface area contributed by atoms with E-state index in [9.17, 15) is 0 Å². The molecule has 5 heteroatoms. The molecule has 210 valence electrons. The molecular formula is C40H24N4O. The first-order valence-electron chi connectivity index (χ1n) is 15.1. The van der Waals surface area contributed by atoms with Crippen molar-refractivity contribution in [3.8, 4) is 22.3 Å². The molecule has 10 rings (SSSR count). The summed E-state index contributed by atoms with van der Waals surface area (Å²) >= 11 is 0. The van der Waals surface area contributed by atoms with Gasteiger partial charge in [0, 0.05) is 34.3 Å². The highest BCUT2D eigenvalue weighted by molar-refractivity contribution is 6.25. The highest BCUT2D eigenvalue weighted by atomic mass is 16.3. The van der Waals surface area contributed by atoms with Gasteiger partial charge in [-0.2, -0.15) is 0 Å². The molecule has 0 fully saturated rings. The minimum atomic E-state index is -0.435. The van der Waals surface area contributed by atoms with Crippen LogP contribution < -0.4 is 5.32 Å². The largest absolute Gasteiger partial charge is 0.456 e. The van der Waals surface area contributed by atoms with Gasteiger partial charge in [-0.3, -0.25) is 4.98 Å². The second-order valence-corrected chi connectivity index (χ2v) is 11.7. The van der Waals surface area contributed by atoms with E-state index in [-0.39, 0.29) is 0 Å². The molecule has 45 heavy (non-hydrogen) atoms. The van der Waals surface area contributed by atoms with Gasteiger partial charge in [0.25, 0.3) is 0 Å². The summed E-state index contributed by atoms with van der Waals surface area (Å²) in [5, 5.41) is 10.5. The van der Waals surface area contributed by atoms with Gasteiger partial charge in [0.05, 0.1) is 0 Å². The molecule has 0 saturated heterocycles. The van der Waals surface area contributed by atoms with Crippen LogP contribution in [0.1, 0.15) is 22.9 Å².